The van der Waals surface area contributed by atoms with Crippen LogP contribution in [0, 0.1) is 0 Å². The zero-order valence-corrected chi connectivity index (χ0v) is 16.2. The Bertz CT molecular complexity index is 1040. The first-order chi connectivity index (χ1) is 13.9. The molecule has 0 saturated heterocycles. The zero-order valence-electron chi connectivity index (χ0n) is 16.2. The first kappa shape index (κ1) is 20.1. The van der Waals surface area contributed by atoms with Crippen molar-refractivity contribution < 1.29 is 23.9 Å². The van der Waals surface area contributed by atoms with Crippen LogP contribution in [-0.2, 0) is 14.3 Å². The molecule has 0 bridgehead atoms. The molecule has 3 aromatic rings. The molecule has 0 aliphatic carbocycles. The van der Waals surface area contributed by atoms with E-state index in [0.29, 0.717) is 17.0 Å². The summed E-state index contributed by atoms with van der Waals surface area (Å²) in [5.74, 6) is -0.719. The largest absolute Gasteiger partial charge is 0.482 e. The van der Waals surface area contributed by atoms with Crippen molar-refractivity contribution in [3.05, 3.63) is 72.3 Å². The SMILES string of the molecule is CC(=O)c1ccc(OCC(=O)O[C@H](C)C(=O)Nc2ccc3ccccc3c2)cc1. The molecule has 1 N–H and O–H groups in total. The number of anilines is 1. The standard InChI is InChI=1S/C23H21NO5/c1-15(25)17-8-11-21(12-9-17)28-14-22(26)29-16(2)23(27)24-20-10-7-18-5-3-4-6-19(18)13-20/h3-13,16H,14H2,1-2H3,(H,24,27)/t16-/m1/s1. The van der Waals surface area contributed by atoms with Gasteiger partial charge in [0.2, 0.25) is 0 Å². The fourth-order valence-electron chi connectivity index (χ4n) is 2.72. The average Bonchev–Trinajstić information content (AvgIpc) is 2.72. The molecule has 1 atom stereocenters. The molecular weight excluding hydrogens is 370 g/mol. The van der Waals surface area contributed by atoms with Crippen molar-refractivity contribution in [2.45, 2.75) is 20.0 Å². The number of hydrogen-bond acceptors (Lipinski definition) is 5. The third kappa shape index (κ3) is 5.42. The number of ether oxygens (including phenoxy) is 2. The molecular formula is C23H21NO5. The highest BCUT2D eigenvalue weighted by Crippen LogP contribution is 2.19. The number of nitrogens with one attached hydrogen (secondary N) is 1. The molecule has 0 aliphatic rings. The summed E-state index contributed by atoms with van der Waals surface area (Å²) in [7, 11) is 0. The molecule has 0 aromatic heterocycles. The summed E-state index contributed by atoms with van der Waals surface area (Å²) in [6.07, 6.45) is -0.974. The molecule has 0 spiro atoms. The third-order valence-corrected chi connectivity index (χ3v) is 4.31. The molecule has 3 rings (SSSR count). The predicted molar refractivity (Wildman–Crippen MR) is 110 cm³/mol. The number of fused-ring (bicyclic) bond motifs is 1. The van der Waals surface area contributed by atoms with Crippen LogP contribution in [0.3, 0.4) is 0 Å². The van der Waals surface area contributed by atoms with Gasteiger partial charge in [-0.15, -0.1) is 0 Å². The quantitative estimate of drug-likeness (QED) is 0.486. The number of ketones is 1. The number of rotatable bonds is 7. The van der Waals surface area contributed by atoms with E-state index in [9.17, 15) is 14.4 Å². The van der Waals surface area contributed by atoms with Gasteiger partial charge in [-0.1, -0.05) is 30.3 Å². The van der Waals surface area contributed by atoms with E-state index in [1.807, 2.05) is 36.4 Å². The van der Waals surface area contributed by atoms with Crippen molar-refractivity contribution in [3.8, 4) is 5.75 Å². The Morgan fingerprint density at radius 3 is 2.31 bits per heavy atom. The van der Waals surface area contributed by atoms with Crippen molar-refractivity contribution in [2.75, 3.05) is 11.9 Å². The number of hydrogen-bond donors (Lipinski definition) is 1. The van der Waals surface area contributed by atoms with Gasteiger partial charge in [0.1, 0.15) is 5.75 Å². The summed E-state index contributed by atoms with van der Waals surface area (Å²) in [6.45, 7) is 2.63. The summed E-state index contributed by atoms with van der Waals surface area (Å²) < 4.78 is 10.5. The zero-order chi connectivity index (χ0) is 20.8. The van der Waals surface area contributed by atoms with Gasteiger partial charge in [-0.25, -0.2) is 4.79 Å². The van der Waals surface area contributed by atoms with E-state index in [2.05, 4.69) is 5.32 Å². The van der Waals surface area contributed by atoms with Gasteiger partial charge in [0, 0.05) is 11.3 Å². The van der Waals surface area contributed by atoms with Gasteiger partial charge in [-0.05, 0) is 61.0 Å². The van der Waals surface area contributed by atoms with E-state index >= 15 is 0 Å². The lowest BCUT2D eigenvalue weighted by molar-refractivity contribution is -0.155. The van der Waals surface area contributed by atoms with Crippen molar-refractivity contribution >= 4 is 34.1 Å². The molecule has 0 heterocycles. The second kappa shape index (κ2) is 9.01. The molecule has 3 aromatic carbocycles. The summed E-state index contributed by atoms with van der Waals surface area (Å²) in [5.41, 5.74) is 1.18. The first-order valence-corrected chi connectivity index (χ1v) is 9.15. The Balaban J connectivity index is 1.50. The van der Waals surface area contributed by atoms with Crippen LogP contribution < -0.4 is 10.1 Å². The van der Waals surface area contributed by atoms with E-state index in [1.54, 1.807) is 30.3 Å². The van der Waals surface area contributed by atoms with Crippen LogP contribution in [0.2, 0.25) is 0 Å². The lowest BCUT2D eigenvalue weighted by Crippen LogP contribution is -2.31. The molecule has 0 unspecified atom stereocenters. The molecule has 0 fully saturated rings. The number of carbonyl (C=O) groups excluding carboxylic acids is 3. The van der Waals surface area contributed by atoms with Crippen LogP contribution in [0.1, 0.15) is 24.2 Å². The Kier molecular flexibility index (Phi) is 6.24. The Morgan fingerprint density at radius 2 is 1.62 bits per heavy atom. The Labute approximate surface area is 168 Å². The summed E-state index contributed by atoms with van der Waals surface area (Å²) in [4.78, 5) is 35.5. The van der Waals surface area contributed by atoms with Crippen molar-refractivity contribution in [1.29, 1.82) is 0 Å². The molecule has 6 heteroatoms. The molecule has 0 saturated carbocycles. The Morgan fingerprint density at radius 1 is 0.931 bits per heavy atom. The van der Waals surface area contributed by atoms with Gasteiger partial charge in [-0.2, -0.15) is 0 Å². The maximum Gasteiger partial charge on any atom is 0.344 e. The van der Waals surface area contributed by atoms with Crippen LogP contribution in [0.15, 0.2) is 66.7 Å². The maximum absolute atomic E-state index is 12.3. The highest BCUT2D eigenvalue weighted by molar-refractivity contribution is 5.97. The number of Topliss-reactive ketones (excluding diaryl/α,β-unsaturated/α-hetero) is 1. The highest BCUT2D eigenvalue weighted by atomic mass is 16.6. The van der Waals surface area contributed by atoms with Gasteiger partial charge < -0.3 is 14.8 Å². The lowest BCUT2D eigenvalue weighted by atomic mass is 10.1. The van der Waals surface area contributed by atoms with Crippen LogP contribution in [0.25, 0.3) is 10.8 Å². The monoisotopic (exact) mass is 391 g/mol. The number of esters is 1. The third-order valence-electron chi connectivity index (χ3n) is 4.31. The predicted octanol–water partition coefficient (Wildman–Crippen LogP) is 3.99. The fourth-order valence-corrected chi connectivity index (χ4v) is 2.72. The van der Waals surface area contributed by atoms with Crippen LogP contribution in [0.4, 0.5) is 5.69 Å². The van der Waals surface area contributed by atoms with Crippen molar-refractivity contribution in [2.24, 2.45) is 0 Å². The summed E-state index contributed by atoms with van der Waals surface area (Å²) in [6, 6.07) is 19.8. The molecule has 0 radical (unpaired) electrons. The van der Waals surface area contributed by atoms with Crippen molar-refractivity contribution in [1.82, 2.24) is 0 Å². The van der Waals surface area contributed by atoms with Crippen LogP contribution >= 0.6 is 0 Å². The van der Waals surface area contributed by atoms with Crippen molar-refractivity contribution in [3.63, 3.8) is 0 Å². The lowest BCUT2D eigenvalue weighted by Gasteiger charge is -2.14. The van der Waals surface area contributed by atoms with E-state index in [4.69, 9.17) is 9.47 Å². The topological polar surface area (TPSA) is 81.7 Å². The van der Waals surface area contributed by atoms with E-state index in [0.717, 1.165) is 10.8 Å². The van der Waals surface area contributed by atoms with E-state index in [1.165, 1.54) is 13.8 Å². The number of carbonyl (C=O) groups is 3. The molecule has 1 amide bonds. The van der Waals surface area contributed by atoms with Crippen LogP contribution in [0.5, 0.6) is 5.75 Å². The minimum Gasteiger partial charge on any atom is -0.482 e. The minimum absolute atomic E-state index is 0.0535. The minimum atomic E-state index is -0.974. The highest BCUT2D eigenvalue weighted by Gasteiger charge is 2.18. The van der Waals surface area contributed by atoms with E-state index < -0.39 is 18.0 Å². The normalized spacial score (nSPS) is 11.5. The molecule has 148 valence electrons. The summed E-state index contributed by atoms with van der Waals surface area (Å²) >= 11 is 0. The number of amides is 1. The van der Waals surface area contributed by atoms with Gasteiger partial charge in [0.15, 0.2) is 18.5 Å². The Hall–Kier alpha value is -3.67. The fraction of sp³-hybridized carbons (Fsp3) is 0.174. The molecule has 6 nitrogen and oxygen atoms in total. The van der Waals surface area contributed by atoms with Gasteiger partial charge in [0.25, 0.3) is 5.91 Å². The van der Waals surface area contributed by atoms with E-state index in [-0.39, 0.29) is 12.4 Å². The average molecular weight is 391 g/mol. The second-order valence-electron chi connectivity index (χ2n) is 6.55. The maximum atomic E-state index is 12.3. The molecule has 29 heavy (non-hydrogen) atoms. The first-order valence-electron chi connectivity index (χ1n) is 9.15. The number of benzene rings is 3. The van der Waals surface area contributed by atoms with Gasteiger partial charge >= 0.3 is 5.97 Å². The smallest absolute Gasteiger partial charge is 0.344 e. The van der Waals surface area contributed by atoms with Gasteiger partial charge in [0.05, 0.1) is 0 Å². The van der Waals surface area contributed by atoms with Gasteiger partial charge in [-0.3, -0.25) is 9.59 Å². The molecule has 0 aliphatic heterocycles. The van der Waals surface area contributed by atoms with Crippen LogP contribution in [-0.4, -0.2) is 30.4 Å². The summed E-state index contributed by atoms with van der Waals surface area (Å²) in [5, 5.41) is 4.81. The second-order valence-corrected chi connectivity index (χ2v) is 6.55.